The third-order valence-electron chi connectivity index (χ3n) is 1.40. The molecule has 0 heterocycles. The Balaban J connectivity index is 2.69. The van der Waals surface area contributed by atoms with Crippen LogP contribution in [0.25, 0.3) is 0 Å². The van der Waals surface area contributed by atoms with E-state index < -0.39 is 5.97 Å². The van der Waals surface area contributed by atoms with Gasteiger partial charge >= 0.3 is 5.97 Å². The summed E-state index contributed by atoms with van der Waals surface area (Å²) in [7, 11) is 0. The summed E-state index contributed by atoms with van der Waals surface area (Å²) >= 11 is 9.03. The molecule has 0 atom stereocenters. The molecule has 0 spiro atoms. The lowest BCUT2D eigenvalue weighted by atomic mass is 10.3. The van der Waals surface area contributed by atoms with Crippen molar-refractivity contribution in [1.82, 2.24) is 0 Å². The zero-order valence-corrected chi connectivity index (χ0v) is 9.34. The van der Waals surface area contributed by atoms with E-state index in [0.29, 0.717) is 5.02 Å². The molecule has 0 saturated heterocycles. The zero-order chi connectivity index (χ0) is 10.6. The number of carbonyl (C=O) groups is 1. The van der Waals surface area contributed by atoms with Crippen molar-refractivity contribution in [3.05, 3.63) is 40.0 Å². The Morgan fingerprint density at radius 3 is 2.86 bits per heavy atom. The summed E-state index contributed by atoms with van der Waals surface area (Å²) in [6.07, 6.45) is 2.36. The molecule has 1 aromatic rings. The van der Waals surface area contributed by atoms with Crippen molar-refractivity contribution in [3.63, 3.8) is 0 Å². The number of rotatable bonds is 3. The molecule has 1 aromatic carbocycles. The molecule has 0 aliphatic rings. The number of halogens is 2. The Morgan fingerprint density at radius 1 is 1.57 bits per heavy atom. The molecule has 0 aliphatic heterocycles. The van der Waals surface area contributed by atoms with Gasteiger partial charge < -0.3 is 10.4 Å². The molecular weight excluding hydrogens is 269 g/mol. The van der Waals surface area contributed by atoms with Crippen LogP contribution in [-0.2, 0) is 4.79 Å². The third kappa shape index (κ3) is 3.40. The highest BCUT2D eigenvalue weighted by Crippen LogP contribution is 2.25. The Morgan fingerprint density at radius 2 is 2.29 bits per heavy atom. The van der Waals surface area contributed by atoms with Crippen molar-refractivity contribution in [2.45, 2.75) is 0 Å². The van der Waals surface area contributed by atoms with Crippen LogP contribution >= 0.6 is 27.5 Å². The maximum absolute atomic E-state index is 10.2. The molecule has 14 heavy (non-hydrogen) atoms. The van der Waals surface area contributed by atoms with Gasteiger partial charge in [-0.15, -0.1) is 0 Å². The smallest absolute Gasteiger partial charge is 0.329 e. The third-order valence-corrected chi connectivity index (χ3v) is 2.61. The normalized spacial score (nSPS) is 10.4. The minimum Gasteiger partial charge on any atom is -0.478 e. The maximum Gasteiger partial charge on any atom is 0.329 e. The Hall–Kier alpha value is -1.000. The maximum atomic E-state index is 10.2. The van der Waals surface area contributed by atoms with Gasteiger partial charge in [0.1, 0.15) is 0 Å². The molecule has 0 aromatic heterocycles. The zero-order valence-electron chi connectivity index (χ0n) is 7.00. The summed E-state index contributed by atoms with van der Waals surface area (Å²) < 4.78 is 0.757. The molecule has 74 valence electrons. The van der Waals surface area contributed by atoms with E-state index in [1.54, 1.807) is 18.2 Å². The van der Waals surface area contributed by atoms with Crippen molar-refractivity contribution in [2.24, 2.45) is 0 Å². The fourth-order valence-electron chi connectivity index (χ4n) is 0.795. The van der Waals surface area contributed by atoms with Gasteiger partial charge in [0.05, 0.1) is 5.02 Å². The predicted octanol–water partition coefficient (Wildman–Crippen LogP) is 3.11. The number of aliphatic carboxylic acids is 1. The lowest BCUT2D eigenvalue weighted by Gasteiger charge is -2.01. The van der Waals surface area contributed by atoms with E-state index in [1.165, 1.54) is 6.20 Å². The largest absolute Gasteiger partial charge is 0.478 e. The number of hydrogen-bond acceptors (Lipinski definition) is 2. The standard InChI is InChI=1S/C9H7BrClNO2/c10-7-5-6(1-2-8(7)11)12-4-3-9(13)14/h1-5,12H,(H,13,14)/b4-3+. The van der Waals surface area contributed by atoms with Gasteiger partial charge in [0.25, 0.3) is 0 Å². The van der Waals surface area contributed by atoms with Crippen LogP contribution in [-0.4, -0.2) is 11.1 Å². The molecule has 2 N–H and O–H groups in total. The summed E-state index contributed by atoms with van der Waals surface area (Å²) in [5.41, 5.74) is 0.763. The molecule has 3 nitrogen and oxygen atoms in total. The second kappa shape index (κ2) is 5.02. The first-order chi connectivity index (χ1) is 6.59. The first kappa shape index (κ1) is 11.1. The van der Waals surface area contributed by atoms with Crippen LogP contribution in [0.3, 0.4) is 0 Å². The number of nitrogens with one attached hydrogen (secondary N) is 1. The van der Waals surface area contributed by atoms with Crippen LogP contribution < -0.4 is 5.32 Å². The Bertz CT molecular complexity index is 379. The van der Waals surface area contributed by atoms with E-state index in [2.05, 4.69) is 21.2 Å². The monoisotopic (exact) mass is 275 g/mol. The number of hydrogen-bond donors (Lipinski definition) is 2. The summed E-state index contributed by atoms with van der Waals surface area (Å²) in [6.45, 7) is 0. The van der Waals surface area contributed by atoms with E-state index in [9.17, 15) is 4.79 Å². The summed E-state index contributed by atoms with van der Waals surface area (Å²) in [5, 5.41) is 11.7. The molecule has 0 unspecified atom stereocenters. The highest BCUT2D eigenvalue weighted by atomic mass is 79.9. The van der Waals surface area contributed by atoms with Crippen LogP contribution in [0.5, 0.6) is 0 Å². The second-order valence-corrected chi connectivity index (χ2v) is 3.71. The number of anilines is 1. The molecule has 0 amide bonds. The highest BCUT2D eigenvalue weighted by molar-refractivity contribution is 9.10. The van der Waals surface area contributed by atoms with Crippen LogP contribution in [0.2, 0.25) is 5.02 Å². The van der Waals surface area contributed by atoms with Gasteiger partial charge in [-0.2, -0.15) is 0 Å². The lowest BCUT2D eigenvalue weighted by Crippen LogP contribution is -1.92. The molecule has 0 radical (unpaired) electrons. The molecule has 0 saturated carbocycles. The second-order valence-electron chi connectivity index (χ2n) is 2.44. The Kier molecular flexibility index (Phi) is 3.98. The quantitative estimate of drug-likeness (QED) is 0.834. The van der Waals surface area contributed by atoms with Crippen LogP contribution in [0.1, 0.15) is 0 Å². The van der Waals surface area contributed by atoms with Gasteiger partial charge in [-0.25, -0.2) is 4.79 Å². The topological polar surface area (TPSA) is 49.3 Å². The van der Waals surface area contributed by atoms with E-state index in [0.717, 1.165) is 16.2 Å². The summed E-state index contributed by atoms with van der Waals surface area (Å²) in [5.74, 6) is -0.995. The minimum absolute atomic E-state index is 0.609. The molecular formula is C9H7BrClNO2. The first-order valence-corrected chi connectivity index (χ1v) is 4.88. The fraction of sp³-hybridized carbons (Fsp3) is 0. The number of carboxylic acid groups (broad SMARTS) is 1. The van der Waals surface area contributed by atoms with E-state index in [1.807, 2.05) is 0 Å². The van der Waals surface area contributed by atoms with Gasteiger partial charge in [-0.1, -0.05) is 11.6 Å². The van der Waals surface area contributed by atoms with E-state index in [4.69, 9.17) is 16.7 Å². The van der Waals surface area contributed by atoms with Crippen molar-refractivity contribution >= 4 is 39.2 Å². The van der Waals surface area contributed by atoms with Crippen molar-refractivity contribution in [2.75, 3.05) is 5.32 Å². The van der Waals surface area contributed by atoms with E-state index >= 15 is 0 Å². The van der Waals surface area contributed by atoms with Gasteiger partial charge in [0, 0.05) is 22.4 Å². The molecule has 0 bridgehead atoms. The SMILES string of the molecule is O=C(O)/C=C/Nc1ccc(Cl)c(Br)c1. The highest BCUT2D eigenvalue weighted by Gasteiger charge is 1.96. The number of carboxylic acids is 1. The van der Waals surface area contributed by atoms with Gasteiger partial charge in [0.2, 0.25) is 0 Å². The Labute approximate surface area is 94.5 Å². The molecule has 0 aliphatic carbocycles. The lowest BCUT2D eigenvalue weighted by molar-refractivity contribution is -0.131. The van der Waals surface area contributed by atoms with Gasteiger partial charge in [-0.3, -0.25) is 0 Å². The molecule has 0 fully saturated rings. The van der Waals surface area contributed by atoms with Crippen LogP contribution in [0, 0.1) is 0 Å². The predicted molar refractivity (Wildman–Crippen MR) is 59.6 cm³/mol. The first-order valence-electron chi connectivity index (χ1n) is 3.70. The van der Waals surface area contributed by atoms with Crippen molar-refractivity contribution in [3.8, 4) is 0 Å². The molecule has 1 rings (SSSR count). The summed E-state index contributed by atoms with van der Waals surface area (Å²) in [6, 6.07) is 5.22. The summed E-state index contributed by atoms with van der Waals surface area (Å²) in [4.78, 5) is 10.2. The van der Waals surface area contributed by atoms with E-state index in [-0.39, 0.29) is 0 Å². The molecule has 5 heteroatoms. The number of benzene rings is 1. The minimum atomic E-state index is -0.995. The fourth-order valence-corrected chi connectivity index (χ4v) is 1.29. The van der Waals surface area contributed by atoms with Gasteiger partial charge in [-0.05, 0) is 34.1 Å². The van der Waals surface area contributed by atoms with Crippen LogP contribution in [0.4, 0.5) is 5.69 Å². The van der Waals surface area contributed by atoms with Crippen molar-refractivity contribution in [1.29, 1.82) is 0 Å². The van der Waals surface area contributed by atoms with Gasteiger partial charge in [0.15, 0.2) is 0 Å². The van der Waals surface area contributed by atoms with Crippen molar-refractivity contribution < 1.29 is 9.90 Å². The average Bonchev–Trinajstić information content (AvgIpc) is 2.10. The average molecular weight is 277 g/mol. The van der Waals surface area contributed by atoms with Crippen LogP contribution in [0.15, 0.2) is 34.9 Å².